The molecule has 0 aromatic heterocycles. The third-order valence-electron chi connectivity index (χ3n) is 2.16. The van der Waals surface area contributed by atoms with E-state index < -0.39 is 0 Å². The standard InChI is InChI=1S/C12H10Cl2N2S/c13-7-1-3-11(9(15)5-7)17-12-4-2-8(14)6-10(12)16/h1-6H,15-16H2. The van der Waals surface area contributed by atoms with E-state index in [0.29, 0.717) is 21.4 Å². The van der Waals surface area contributed by atoms with Crippen LogP contribution in [0.25, 0.3) is 0 Å². The van der Waals surface area contributed by atoms with E-state index in [-0.39, 0.29) is 0 Å². The van der Waals surface area contributed by atoms with E-state index in [2.05, 4.69) is 0 Å². The van der Waals surface area contributed by atoms with E-state index in [9.17, 15) is 0 Å². The lowest BCUT2D eigenvalue weighted by molar-refractivity contribution is 1.41. The van der Waals surface area contributed by atoms with Crippen molar-refractivity contribution in [1.82, 2.24) is 0 Å². The Morgan fingerprint density at radius 2 is 1.18 bits per heavy atom. The van der Waals surface area contributed by atoms with Crippen LogP contribution in [0.4, 0.5) is 11.4 Å². The van der Waals surface area contributed by atoms with Crippen LogP contribution in [-0.2, 0) is 0 Å². The van der Waals surface area contributed by atoms with Crippen molar-refractivity contribution in [3.05, 3.63) is 46.4 Å². The summed E-state index contributed by atoms with van der Waals surface area (Å²) < 4.78 is 0. The number of anilines is 2. The van der Waals surface area contributed by atoms with Gasteiger partial charge >= 0.3 is 0 Å². The van der Waals surface area contributed by atoms with Gasteiger partial charge in [0, 0.05) is 31.2 Å². The molecule has 0 saturated carbocycles. The van der Waals surface area contributed by atoms with Gasteiger partial charge in [-0.3, -0.25) is 0 Å². The molecule has 0 amide bonds. The molecule has 0 bridgehead atoms. The SMILES string of the molecule is Nc1cc(Cl)ccc1Sc1ccc(Cl)cc1N. The monoisotopic (exact) mass is 284 g/mol. The summed E-state index contributed by atoms with van der Waals surface area (Å²) in [7, 11) is 0. The number of rotatable bonds is 2. The van der Waals surface area contributed by atoms with Gasteiger partial charge in [0.05, 0.1) is 0 Å². The molecule has 88 valence electrons. The number of hydrogen-bond donors (Lipinski definition) is 2. The average Bonchev–Trinajstić information content (AvgIpc) is 2.25. The number of hydrogen-bond acceptors (Lipinski definition) is 3. The molecule has 0 radical (unpaired) electrons. The van der Waals surface area contributed by atoms with Crippen molar-refractivity contribution in [3.8, 4) is 0 Å². The van der Waals surface area contributed by atoms with E-state index in [1.165, 1.54) is 11.8 Å². The Morgan fingerprint density at radius 3 is 1.53 bits per heavy atom. The fourth-order valence-corrected chi connectivity index (χ4v) is 2.57. The van der Waals surface area contributed by atoms with Crippen LogP contribution in [0, 0.1) is 0 Å². The average molecular weight is 285 g/mol. The Morgan fingerprint density at radius 1 is 0.765 bits per heavy atom. The maximum atomic E-state index is 5.88. The Balaban J connectivity index is 2.31. The zero-order chi connectivity index (χ0) is 12.4. The summed E-state index contributed by atoms with van der Waals surface area (Å²) in [5.41, 5.74) is 13.0. The normalized spacial score (nSPS) is 10.5. The molecule has 0 aliphatic heterocycles. The van der Waals surface area contributed by atoms with E-state index >= 15 is 0 Å². The summed E-state index contributed by atoms with van der Waals surface area (Å²) in [5.74, 6) is 0. The number of nitrogen functional groups attached to an aromatic ring is 2. The zero-order valence-electron chi connectivity index (χ0n) is 8.78. The first kappa shape index (κ1) is 12.4. The van der Waals surface area contributed by atoms with E-state index in [0.717, 1.165) is 9.79 Å². The highest BCUT2D eigenvalue weighted by atomic mass is 35.5. The highest BCUT2D eigenvalue weighted by Gasteiger charge is 2.06. The molecule has 4 N–H and O–H groups in total. The molecule has 0 atom stereocenters. The Bertz CT molecular complexity index is 509. The molecule has 0 aliphatic carbocycles. The van der Waals surface area contributed by atoms with Crippen molar-refractivity contribution in [2.24, 2.45) is 0 Å². The number of benzene rings is 2. The minimum Gasteiger partial charge on any atom is -0.398 e. The summed E-state index contributed by atoms with van der Waals surface area (Å²) in [6.07, 6.45) is 0. The Kier molecular flexibility index (Phi) is 3.72. The highest BCUT2D eigenvalue weighted by Crippen LogP contribution is 2.37. The maximum Gasteiger partial charge on any atom is 0.0470 e. The first-order valence-electron chi connectivity index (χ1n) is 4.84. The lowest BCUT2D eigenvalue weighted by Gasteiger charge is -2.08. The zero-order valence-corrected chi connectivity index (χ0v) is 11.1. The van der Waals surface area contributed by atoms with Crippen molar-refractivity contribution >= 4 is 46.3 Å². The van der Waals surface area contributed by atoms with Gasteiger partial charge in [0.1, 0.15) is 0 Å². The van der Waals surface area contributed by atoms with Gasteiger partial charge in [0.25, 0.3) is 0 Å². The molecule has 2 rings (SSSR count). The van der Waals surface area contributed by atoms with Crippen LogP contribution in [0.2, 0.25) is 10.0 Å². The van der Waals surface area contributed by atoms with Gasteiger partial charge in [-0.05, 0) is 36.4 Å². The summed E-state index contributed by atoms with van der Waals surface area (Å²) in [4.78, 5) is 1.84. The van der Waals surface area contributed by atoms with Crippen molar-refractivity contribution in [1.29, 1.82) is 0 Å². The smallest absolute Gasteiger partial charge is 0.0470 e. The largest absolute Gasteiger partial charge is 0.398 e. The van der Waals surface area contributed by atoms with E-state index in [1.807, 2.05) is 12.1 Å². The number of halogens is 2. The topological polar surface area (TPSA) is 52.0 Å². The third kappa shape index (κ3) is 3.00. The van der Waals surface area contributed by atoms with Crippen LogP contribution in [0.5, 0.6) is 0 Å². The molecule has 0 aliphatic rings. The first-order valence-corrected chi connectivity index (χ1v) is 6.41. The van der Waals surface area contributed by atoms with Crippen LogP contribution in [0.15, 0.2) is 46.2 Å². The van der Waals surface area contributed by atoms with Crippen molar-refractivity contribution in [3.63, 3.8) is 0 Å². The van der Waals surface area contributed by atoms with Crippen LogP contribution >= 0.6 is 35.0 Å². The highest BCUT2D eigenvalue weighted by molar-refractivity contribution is 7.99. The summed E-state index contributed by atoms with van der Waals surface area (Å²) in [6, 6.07) is 10.8. The van der Waals surface area contributed by atoms with Crippen LogP contribution in [0.3, 0.4) is 0 Å². The quantitative estimate of drug-likeness (QED) is 0.808. The van der Waals surface area contributed by atoms with Gasteiger partial charge in [-0.25, -0.2) is 0 Å². The van der Waals surface area contributed by atoms with Crippen LogP contribution in [-0.4, -0.2) is 0 Å². The Hall–Kier alpha value is -1.03. The molecule has 0 saturated heterocycles. The van der Waals surface area contributed by atoms with Crippen LogP contribution in [0.1, 0.15) is 0 Å². The molecule has 2 nitrogen and oxygen atoms in total. The van der Waals surface area contributed by atoms with Crippen molar-refractivity contribution < 1.29 is 0 Å². The molecule has 17 heavy (non-hydrogen) atoms. The fraction of sp³-hybridized carbons (Fsp3) is 0. The van der Waals surface area contributed by atoms with Crippen LogP contribution < -0.4 is 11.5 Å². The summed E-state index contributed by atoms with van der Waals surface area (Å²) in [6.45, 7) is 0. The fourth-order valence-electron chi connectivity index (χ4n) is 1.34. The molecule has 0 fully saturated rings. The Labute approximate surface area is 114 Å². The molecule has 2 aromatic rings. The number of nitrogens with two attached hydrogens (primary N) is 2. The van der Waals surface area contributed by atoms with Gasteiger partial charge in [0.15, 0.2) is 0 Å². The van der Waals surface area contributed by atoms with Gasteiger partial charge in [-0.15, -0.1) is 0 Å². The lowest BCUT2D eigenvalue weighted by Crippen LogP contribution is -1.91. The summed E-state index contributed by atoms with van der Waals surface area (Å²) in [5, 5.41) is 1.24. The second-order valence-electron chi connectivity index (χ2n) is 3.47. The van der Waals surface area contributed by atoms with E-state index in [4.69, 9.17) is 34.7 Å². The predicted octanol–water partition coefficient (Wildman–Crippen LogP) is 4.31. The second kappa shape index (κ2) is 5.08. The third-order valence-corrected chi connectivity index (χ3v) is 3.82. The molecule has 0 unspecified atom stereocenters. The minimum atomic E-state index is 0.621. The molecular weight excluding hydrogens is 275 g/mol. The van der Waals surface area contributed by atoms with E-state index in [1.54, 1.807) is 24.3 Å². The molecular formula is C12H10Cl2N2S. The maximum absolute atomic E-state index is 5.88. The molecule has 2 aromatic carbocycles. The summed E-state index contributed by atoms with van der Waals surface area (Å²) >= 11 is 13.2. The second-order valence-corrected chi connectivity index (χ2v) is 5.42. The van der Waals surface area contributed by atoms with Crippen molar-refractivity contribution in [2.75, 3.05) is 11.5 Å². The first-order chi connectivity index (χ1) is 8.06. The van der Waals surface area contributed by atoms with Gasteiger partial charge in [-0.1, -0.05) is 35.0 Å². The molecule has 0 heterocycles. The van der Waals surface area contributed by atoms with Gasteiger partial charge < -0.3 is 11.5 Å². The van der Waals surface area contributed by atoms with Gasteiger partial charge in [-0.2, -0.15) is 0 Å². The molecule has 0 spiro atoms. The predicted molar refractivity (Wildman–Crippen MR) is 75.9 cm³/mol. The molecule has 5 heteroatoms. The lowest BCUT2D eigenvalue weighted by atomic mass is 10.3. The minimum absolute atomic E-state index is 0.621. The van der Waals surface area contributed by atoms with Gasteiger partial charge in [0.2, 0.25) is 0 Å². The van der Waals surface area contributed by atoms with Crippen molar-refractivity contribution in [2.45, 2.75) is 9.79 Å².